The van der Waals surface area contributed by atoms with Gasteiger partial charge in [-0.2, -0.15) is 0 Å². The summed E-state index contributed by atoms with van der Waals surface area (Å²) in [5.41, 5.74) is 0.580. The van der Waals surface area contributed by atoms with E-state index in [4.69, 9.17) is 9.47 Å². The number of carbonyl (C=O) groups is 1. The molecule has 100 valence electrons. The summed E-state index contributed by atoms with van der Waals surface area (Å²) in [4.78, 5) is 13.3. The second-order valence-electron chi connectivity index (χ2n) is 4.04. The number of hydrogen-bond donors (Lipinski definition) is 0. The zero-order valence-electron chi connectivity index (χ0n) is 11.0. The summed E-state index contributed by atoms with van der Waals surface area (Å²) in [6.45, 7) is 2.62. The van der Waals surface area contributed by atoms with E-state index in [2.05, 4.69) is 19.1 Å². The van der Waals surface area contributed by atoms with Crippen molar-refractivity contribution >= 4 is 17.6 Å². The standard InChI is InChI=1S/C15H16O3S/c1-3-12-5-6-13(19-12)10-18-15-8-11(9-16)4-7-14(15)17-2/h4-9H,3,10H2,1-2H3. The maximum Gasteiger partial charge on any atom is 0.162 e. The number of benzene rings is 1. The maximum absolute atomic E-state index is 10.8. The topological polar surface area (TPSA) is 35.5 Å². The van der Waals surface area contributed by atoms with Gasteiger partial charge in [0.25, 0.3) is 0 Å². The second kappa shape index (κ2) is 6.38. The molecule has 0 saturated carbocycles. The molecule has 0 saturated heterocycles. The van der Waals surface area contributed by atoms with Crippen molar-refractivity contribution in [2.24, 2.45) is 0 Å². The van der Waals surface area contributed by atoms with Crippen LogP contribution in [0.1, 0.15) is 27.0 Å². The number of aldehydes is 1. The molecule has 0 spiro atoms. The van der Waals surface area contributed by atoms with Gasteiger partial charge in [-0.3, -0.25) is 4.79 Å². The van der Waals surface area contributed by atoms with Crippen molar-refractivity contribution in [3.63, 3.8) is 0 Å². The molecule has 0 amide bonds. The molecule has 1 aromatic heterocycles. The number of methoxy groups -OCH3 is 1. The molecule has 19 heavy (non-hydrogen) atoms. The van der Waals surface area contributed by atoms with Crippen molar-refractivity contribution in [1.29, 1.82) is 0 Å². The molecular weight excluding hydrogens is 260 g/mol. The molecular formula is C15H16O3S. The number of ether oxygens (including phenoxy) is 2. The fourth-order valence-corrected chi connectivity index (χ4v) is 2.59. The summed E-state index contributed by atoms with van der Waals surface area (Å²) >= 11 is 1.74. The zero-order valence-corrected chi connectivity index (χ0v) is 11.8. The Morgan fingerprint density at radius 3 is 2.58 bits per heavy atom. The lowest BCUT2D eigenvalue weighted by Crippen LogP contribution is -1.97. The van der Waals surface area contributed by atoms with E-state index >= 15 is 0 Å². The van der Waals surface area contributed by atoms with Crippen molar-refractivity contribution in [3.8, 4) is 11.5 Å². The molecule has 0 aliphatic rings. The minimum absolute atomic E-state index is 0.489. The summed E-state index contributed by atoms with van der Waals surface area (Å²) in [5, 5.41) is 0. The van der Waals surface area contributed by atoms with Crippen LogP contribution in [0.3, 0.4) is 0 Å². The molecule has 0 aliphatic carbocycles. The highest BCUT2D eigenvalue weighted by Crippen LogP contribution is 2.29. The molecule has 0 unspecified atom stereocenters. The molecule has 4 heteroatoms. The van der Waals surface area contributed by atoms with Crippen LogP contribution in [0, 0.1) is 0 Å². The van der Waals surface area contributed by atoms with Gasteiger partial charge in [-0.25, -0.2) is 0 Å². The lowest BCUT2D eigenvalue weighted by atomic mass is 10.2. The fraction of sp³-hybridized carbons (Fsp3) is 0.267. The summed E-state index contributed by atoms with van der Waals surface area (Å²) in [5.74, 6) is 1.23. The van der Waals surface area contributed by atoms with E-state index in [1.165, 1.54) is 4.88 Å². The van der Waals surface area contributed by atoms with Crippen LogP contribution in [-0.2, 0) is 13.0 Å². The first kappa shape index (κ1) is 13.6. The van der Waals surface area contributed by atoms with Gasteiger partial charge in [0.1, 0.15) is 12.9 Å². The monoisotopic (exact) mass is 276 g/mol. The molecule has 0 atom stereocenters. The Bertz CT molecular complexity index is 560. The van der Waals surface area contributed by atoms with E-state index in [0.29, 0.717) is 23.7 Å². The minimum atomic E-state index is 0.489. The number of carbonyl (C=O) groups excluding carboxylic acids is 1. The zero-order chi connectivity index (χ0) is 13.7. The van der Waals surface area contributed by atoms with Gasteiger partial charge in [0, 0.05) is 15.3 Å². The van der Waals surface area contributed by atoms with Crippen LogP contribution in [0.4, 0.5) is 0 Å². The van der Waals surface area contributed by atoms with Crippen molar-refractivity contribution in [1.82, 2.24) is 0 Å². The van der Waals surface area contributed by atoms with Crippen molar-refractivity contribution < 1.29 is 14.3 Å². The van der Waals surface area contributed by atoms with E-state index in [-0.39, 0.29) is 0 Å². The third-order valence-electron chi connectivity index (χ3n) is 2.76. The molecule has 2 aromatic rings. The Balaban J connectivity index is 2.11. The number of hydrogen-bond acceptors (Lipinski definition) is 4. The Morgan fingerprint density at radius 2 is 1.95 bits per heavy atom. The van der Waals surface area contributed by atoms with Gasteiger partial charge in [0.15, 0.2) is 11.5 Å². The Labute approximate surface area is 116 Å². The first-order valence-corrected chi connectivity index (χ1v) is 6.92. The highest BCUT2D eigenvalue weighted by molar-refractivity contribution is 7.11. The molecule has 1 aromatic carbocycles. The summed E-state index contributed by atoms with van der Waals surface area (Å²) in [7, 11) is 1.59. The molecule has 0 N–H and O–H groups in total. The summed E-state index contributed by atoms with van der Waals surface area (Å²) in [6, 6.07) is 9.33. The van der Waals surface area contributed by atoms with E-state index in [9.17, 15) is 4.79 Å². The van der Waals surface area contributed by atoms with Crippen LogP contribution < -0.4 is 9.47 Å². The van der Waals surface area contributed by atoms with Crippen LogP contribution in [-0.4, -0.2) is 13.4 Å². The third-order valence-corrected chi connectivity index (χ3v) is 3.96. The van der Waals surface area contributed by atoms with Crippen LogP contribution >= 0.6 is 11.3 Å². The normalized spacial score (nSPS) is 10.2. The lowest BCUT2D eigenvalue weighted by molar-refractivity contribution is 0.112. The molecule has 2 rings (SSSR count). The predicted octanol–water partition coefficient (Wildman–Crippen LogP) is 3.71. The largest absolute Gasteiger partial charge is 0.493 e. The predicted molar refractivity (Wildman–Crippen MR) is 76.4 cm³/mol. The van der Waals surface area contributed by atoms with E-state index < -0.39 is 0 Å². The Morgan fingerprint density at radius 1 is 1.16 bits per heavy atom. The van der Waals surface area contributed by atoms with Crippen LogP contribution in [0.5, 0.6) is 11.5 Å². The molecule has 1 heterocycles. The van der Waals surface area contributed by atoms with Crippen molar-refractivity contribution in [2.45, 2.75) is 20.0 Å². The van der Waals surface area contributed by atoms with E-state index in [1.54, 1.807) is 36.6 Å². The Hall–Kier alpha value is -1.81. The van der Waals surface area contributed by atoms with Crippen LogP contribution in [0.15, 0.2) is 30.3 Å². The molecule has 0 fully saturated rings. The van der Waals surface area contributed by atoms with Gasteiger partial charge >= 0.3 is 0 Å². The highest BCUT2D eigenvalue weighted by Gasteiger charge is 2.07. The SMILES string of the molecule is CCc1ccc(COc2cc(C=O)ccc2OC)s1. The van der Waals surface area contributed by atoms with Gasteiger partial charge in [-0.05, 0) is 36.8 Å². The van der Waals surface area contributed by atoms with Gasteiger partial charge in [0.05, 0.1) is 7.11 Å². The van der Waals surface area contributed by atoms with E-state index in [0.717, 1.165) is 17.6 Å². The van der Waals surface area contributed by atoms with Crippen LogP contribution in [0.25, 0.3) is 0 Å². The molecule has 0 radical (unpaired) electrons. The molecule has 0 aliphatic heterocycles. The van der Waals surface area contributed by atoms with Crippen molar-refractivity contribution in [3.05, 3.63) is 45.6 Å². The minimum Gasteiger partial charge on any atom is -0.493 e. The third kappa shape index (κ3) is 3.35. The average Bonchev–Trinajstić information content (AvgIpc) is 2.92. The van der Waals surface area contributed by atoms with Crippen LogP contribution in [0.2, 0.25) is 0 Å². The smallest absolute Gasteiger partial charge is 0.162 e. The van der Waals surface area contributed by atoms with E-state index in [1.807, 2.05) is 0 Å². The van der Waals surface area contributed by atoms with Gasteiger partial charge in [-0.15, -0.1) is 11.3 Å². The molecule has 0 bridgehead atoms. The molecule has 3 nitrogen and oxygen atoms in total. The quantitative estimate of drug-likeness (QED) is 0.754. The maximum atomic E-state index is 10.8. The number of rotatable bonds is 6. The van der Waals surface area contributed by atoms with Gasteiger partial charge in [0.2, 0.25) is 0 Å². The van der Waals surface area contributed by atoms with Gasteiger partial charge in [-0.1, -0.05) is 6.92 Å². The average molecular weight is 276 g/mol. The highest BCUT2D eigenvalue weighted by atomic mass is 32.1. The lowest BCUT2D eigenvalue weighted by Gasteiger charge is -2.10. The second-order valence-corrected chi connectivity index (χ2v) is 5.29. The first-order chi connectivity index (χ1) is 9.26. The number of thiophene rings is 1. The summed E-state index contributed by atoms with van der Waals surface area (Å²) in [6.07, 6.45) is 1.83. The fourth-order valence-electron chi connectivity index (χ4n) is 1.72. The summed E-state index contributed by atoms with van der Waals surface area (Å²) < 4.78 is 11.0. The van der Waals surface area contributed by atoms with Gasteiger partial charge < -0.3 is 9.47 Å². The number of aryl methyl sites for hydroxylation is 1. The first-order valence-electron chi connectivity index (χ1n) is 6.10. The Kier molecular flexibility index (Phi) is 4.58. The van der Waals surface area contributed by atoms with Crippen molar-refractivity contribution in [2.75, 3.05) is 7.11 Å².